The van der Waals surface area contributed by atoms with Gasteiger partial charge in [-0.05, 0) is 26.3 Å². The molecule has 2 fully saturated rings. The van der Waals surface area contributed by atoms with Crippen molar-refractivity contribution in [2.75, 3.05) is 46.6 Å². The van der Waals surface area contributed by atoms with Gasteiger partial charge in [0.05, 0.1) is 31.8 Å². The zero-order valence-corrected chi connectivity index (χ0v) is 12.2. The predicted octanol–water partition coefficient (Wildman–Crippen LogP) is -0.0773. The highest BCUT2D eigenvalue weighted by molar-refractivity contribution is 5.79. The van der Waals surface area contributed by atoms with Gasteiger partial charge in [-0.25, -0.2) is 0 Å². The lowest BCUT2D eigenvalue weighted by molar-refractivity contribution is -0.125. The van der Waals surface area contributed by atoms with Crippen molar-refractivity contribution in [1.82, 2.24) is 10.6 Å². The van der Waals surface area contributed by atoms with E-state index in [0.717, 1.165) is 25.9 Å². The smallest absolute Gasteiger partial charge is 0.227 e. The van der Waals surface area contributed by atoms with E-state index in [1.54, 1.807) is 0 Å². The topological polar surface area (TPSA) is 68.8 Å². The van der Waals surface area contributed by atoms with Crippen LogP contribution in [0.5, 0.6) is 0 Å². The molecule has 0 aliphatic carbocycles. The lowest BCUT2D eigenvalue weighted by atomic mass is 10.0. The Morgan fingerprint density at radius 3 is 3.05 bits per heavy atom. The number of likely N-dealkylation sites (N-methyl/N-ethyl adjacent to an activating group) is 1. The summed E-state index contributed by atoms with van der Waals surface area (Å²) in [5, 5.41) is 6.06. The van der Waals surface area contributed by atoms with Crippen LogP contribution in [0.25, 0.3) is 0 Å². The first-order valence-corrected chi connectivity index (χ1v) is 7.53. The Balaban J connectivity index is 1.49. The Hall–Kier alpha value is -0.690. The van der Waals surface area contributed by atoms with E-state index in [-0.39, 0.29) is 24.0 Å². The van der Waals surface area contributed by atoms with Crippen molar-refractivity contribution in [3.8, 4) is 0 Å². The molecule has 2 rings (SSSR count). The van der Waals surface area contributed by atoms with Gasteiger partial charge in [-0.15, -0.1) is 0 Å². The van der Waals surface area contributed by atoms with Crippen LogP contribution in [0.4, 0.5) is 0 Å². The van der Waals surface area contributed by atoms with Crippen LogP contribution >= 0.6 is 0 Å². The molecule has 3 unspecified atom stereocenters. The van der Waals surface area contributed by atoms with E-state index in [4.69, 9.17) is 14.2 Å². The first-order valence-electron chi connectivity index (χ1n) is 7.53. The van der Waals surface area contributed by atoms with Crippen molar-refractivity contribution in [3.05, 3.63) is 0 Å². The monoisotopic (exact) mass is 286 g/mol. The Morgan fingerprint density at radius 1 is 1.40 bits per heavy atom. The molecule has 1 amide bonds. The minimum absolute atomic E-state index is 0.0703. The quantitative estimate of drug-likeness (QED) is 0.611. The van der Waals surface area contributed by atoms with E-state index in [1.165, 1.54) is 0 Å². The zero-order valence-electron chi connectivity index (χ0n) is 12.2. The molecule has 0 saturated carbocycles. The van der Waals surface area contributed by atoms with Crippen molar-refractivity contribution in [2.45, 2.75) is 31.4 Å². The molecule has 2 N–H and O–H groups in total. The zero-order chi connectivity index (χ0) is 14.2. The Labute approximate surface area is 120 Å². The normalized spacial score (nSPS) is 29.8. The SMILES string of the molecule is CNC1COCC1C(=O)NCCCOCC1CCCO1. The molecule has 3 atom stereocenters. The number of rotatable bonds is 8. The first-order chi connectivity index (χ1) is 9.81. The first kappa shape index (κ1) is 15.7. The summed E-state index contributed by atoms with van der Waals surface area (Å²) in [7, 11) is 1.86. The predicted molar refractivity (Wildman–Crippen MR) is 74.6 cm³/mol. The van der Waals surface area contributed by atoms with Crippen molar-refractivity contribution in [1.29, 1.82) is 0 Å². The van der Waals surface area contributed by atoms with Crippen LogP contribution < -0.4 is 10.6 Å². The molecule has 2 aliphatic rings. The van der Waals surface area contributed by atoms with Gasteiger partial charge < -0.3 is 24.8 Å². The molecule has 0 spiro atoms. The molecule has 0 radical (unpaired) electrons. The van der Waals surface area contributed by atoms with Crippen molar-refractivity contribution in [2.24, 2.45) is 5.92 Å². The van der Waals surface area contributed by atoms with Crippen molar-refractivity contribution < 1.29 is 19.0 Å². The van der Waals surface area contributed by atoms with Crippen molar-refractivity contribution in [3.63, 3.8) is 0 Å². The maximum atomic E-state index is 12.0. The molecule has 20 heavy (non-hydrogen) atoms. The third-order valence-corrected chi connectivity index (χ3v) is 3.88. The maximum absolute atomic E-state index is 12.0. The summed E-state index contributed by atoms with van der Waals surface area (Å²) < 4.78 is 16.3. The molecule has 2 saturated heterocycles. The van der Waals surface area contributed by atoms with Crippen LogP contribution in [0, 0.1) is 5.92 Å². The second kappa shape index (κ2) is 8.56. The summed E-state index contributed by atoms with van der Waals surface area (Å²) in [5.74, 6) is -0.00576. The Kier molecular flexibility index (Phi) is 6.72. The number of amides is 1. The van der Waals surface area contributed by atoms with E-state index >= 15 is 0 Å². The molecule has 6 heteroatoms. The lowest BCUT2D eigenvalue weighted by Gasteiger charge is -2.16. The average molecular weight is 286 g/mol. The van der Waals surface area contributed by atoms with Gasteiger partial charge in [0.15, 0.2) is 0 Å². The number of carbonyl (C=O) groups excluding carboxylic acids is 1. The van der Waals surface area contributed by atoms with Crippen LogP contribution in [0.3, 0.4) is 0 Å². The third-order valence-electron chi connectivity index (χ3n) is 3.88. The third kappa shape index (κ3) is 4.70. The summed E-state index contributed by atoms with van der Waals surface area (Å²) in [5.41, 5.74) is 0. The van der Waals surface area contributed by atoms with Crippen LogP contribution in [0.1, 0.15) is 19.3 Å². The summed E-state index contributed by atoms with van der Waals surface area (Å²) >= 11 is 0. The van der Waals surface area contributed by atoms with Crippen molar-refractivity contribution >= 4 is 5.91 Å². The van der Waals surface area contributed by atoms with E-state index in [9.17, 15) is 4.79 Å². The standard InChI is InChI=1S/C14H26N2O4/c1-15-13-10-19-9-12(13)14(17)16-5-3-6-18-8-11-4-2-7-20-11/h11-13,15H,2-10H2,1H3,(H,16,17). The minimum Gasteiger partial charge on any atom is -0.379 e. The number of hydrogen-bond donors (Lipinski definition) is 2. The number of carbonyl (C=O) groups is 1. The second-order valence-corrected chi connectivity index (χ2v) is 5.39. The van der Waals surface area contributed by atoms with Crippen LogP contribution in [-0.2, 0) is 19.0 Å². The number of hydrogen-bond acceptors (Lipinski definition) is 5. The lowest BCUT2D eigenvalue weighted by Crippen LogP contribution is -2.42. The fraction of sp³-hybridized carbons (Fsp3) is 0.929. The molecule has 2 heterocycles. The minimum atomic E-state index is -0.0761. The van der Waals surface area contributed by atoms with E-state index in [1.807, 2.05) is 7.05 Å². The van der Waals surface area contributed by atoms with Gasteiger partial charge >= 0.3 is 0 Å². The largest absolute Gasteiger partial charge is 0.379 e. The van der Waals surface area contributed by atoms with Crippen LogP contribution in [0.2, 0.25) is 0 Å². The number of ether oxygens (including phenoxy) is 3. The van der Waals surface area contributed by atoms with Gasteiger partial charge in [0, 0.05) is 25.8 Å². The van der Waals surface area contributed by atoms with Gasteiger partial charge in [-0.3, -0.25) is 4.79 Å². The summed E-state index contributed by atoms with van der Waals surface area (Å²) in [6.07, 6.45) is 3.34. The van der Waals surface area contributed by atoms with Gasteiger partial charge in [-0.2, -0.15) is 0 Å². The van der Waals surface area contributed by atoms with Gasteiger partial charge in [0.1, 0.15) is 0 Å². The highest BCUT2D eigenvalue weighted by Gasteiger charge is 2.32. The number of nitrogens with one attached hydrogen (secondary N) is 2. The highest BCUT2D eigenvalue weighted by Crippen LogP contribution is 2.13. The fourth-order valence-corrected chi connectivity index (χ4v) is 2.60. The van der Waals surface area contributed by atoms with E-state index < -0.39 is 0 Å². The summed E-state index contributed by atoms with van der Waals surface area (Å²) in [6.45, 7) is 3.96. The molecule has 6 nitrogen and oxygen atoms in total. The summed E-state index contributed by atoms with van der Waals surface area (Å²) in [4.78, 5) is 12.0. The molecule has 0 aromatic heterocycles. The molecule has 0 aromatic carbocycles. The summed E-state index contributed by atoms with van der Waals surface area (Å²) in [6, 6.07) is 0.130. The molecule has 2 aliphatic heterocycles. The van der Waals surface area contributed by atoms with Gasteiger partial charge in [0.25, 0.3) is 0 Å². The van der Waals surface area contributed by atoms with E-state index in [0.29, 0.717) is 33.0 Å². The van der Waals surface area contributed by atoms with Crippen LogP contribution in [0.15, 0.2) is 0 Å². The maximum Gasteiger partial charge on any atom is 0.227 e. The Bertz CT molecular complexity index is 295. The van der Waals surface area contributed by atoms with Gasteiger partial charge in [-0.1, -0.05) is 0 Å². The molecule has 0 bridgehead atoms. The van der Waals surface area contributed by atoms with Gasteiger partial charge in [0.2, 0.25) is 5.91 Å². The molecule has 0 aromatic rings. The van der Waals surface area contributed by atoms with Crippen LogP contribution in [-0.4, -0.2) is 64.7 Å². The molecular weight excluding hydrogens is 260 g/mol. The average Bonchev–Trinajstić information content (AvgIpc) is 3.12. The highest BCUT2D eigenvalue weighted by atomic mass is 16.5. The molecular formula is C14H26N2O4. The fourth-order valence-electron chi connectivity index (χ4n) is 2.60. The van der Waals surface area contributed by atoms with E-state index in [2.05, 4.69) is 10.6 Å². The molecule has 116 valence electrons. The Morgan fingerprint density at radius 2 is 2.30 bits per heavy atom. The second-order valence-electron chi connectivity index (χ2n) is 5.39.